The van der Waals surface area contributed by atoms with E-state index >= 15 is 0 Å². The molecule has 0 radical (unpaired) electrons. The molecule has 0 aromatic heterocycles. The van der Waals surface area contributed by atoms with Gasteiger partial charge in [0.1, 0.15) is 6.04 Å². The maximum atomic E-state index is 12.5. The van der Waals surface area contributed by atoms with E-state index in [1.54, 1.807) is 0 Å². The summed E-state index contributed by atoms with van der Waals surface area (Å²) in [6, 6.07) is 7.91. The molecule has 2 atom stereocenters. The molecule has 1 aromatic carbocycles. The van der Waals surface area contributed by atoms with E-state index < -0.39 is 0 Å². The van der Waals surface area contributed by atoms with Crippen LogP contribution in [0.5, 0.6) is 0 Å². The van der Waals surface area contributed by atoms with Crippen LogP contribution in [0.1, 0.15) is 6.92 Å². The van der Waals surface area contributed by atoms with Crippen molar-refractivity contribution in [2.75, 3.05) is 36.9 Å². The van der Waals surface area contributed by atoms with Crippen molar-refractivity contribution < 1.29 is 9.53 Å². The molecule has 102 valence electrons. The lowest BCUT2D eigenvalue weighted by Crippen LogP contribution is -2.54. The van der Waals surface area contributed by atoms with E-state index in [0.29, 0.717) is 26.3 Å². The fourth-order valence-corrected chi connectivity index (χ4v) is 2.62. The monoisotopic (exact) mass is 261 g/mol. The molecule has 1 saturated heterocycles. The number of hydrogen-bond acceptors (Lipinski definition) is 4. The molecule has 1 fully saturated rings. The molecule has 2 N–H and O–H groups in total. The van der Waals surface area contributed by atoms with Gasteiger partial charge in [-0.1, -0.05) is 12.1 Å². The molecule has 0 aliphatic carbocycles. The van der Waals surface area contributed by atoms with Gasteiger partial charge in [-0.25, -0.2) is 0 Å². The smallest absolute Gasteiger partial charge is 0.247 e. The predicted molar refractivity (Wildman–Crippen MR) is 74.3 cm³/mol. The fourth-order valence-electron chi connectivity index (χ4n) is 2.62. The second-order valence-corrected chi connectivity index (χ2v) is 5.08. The third-order valence-corrected chi connectivity index (χ3v) is 3.70. The first kappa shape index (κ1) is 12.3. The number of carbonyl (C=O) groups is 1. The van der Waals surface area contributed by atoms with E-state index in [4.69, 9.17) is 4.74 Å². The number of morpholine rings is 1. The molecule has 1 amide bonds. The number of amides is 1. The number of benzene rings is 1. The number of para-hydroxylation sites is 2. The van der Waals surface area contributed by atoms with E-state index in [2.05, 4.69) is 10.6 Å². The summed E-state index contributed by atoms with van der Waals surface area (Å²) in [5.74, 6) is 0.151. The van der Waals surface area contributed by atoms with Crippen molar-refractivity contribution in [3.63, 3.8) is 0 Å². The van der Waals surface area contributed by atoms with Gasteiger partial charge in [0.25, 0.3) is 0 Å². The largest absolute Gasteiger partial charge is 0.381 e. The zero-order chi connectivity index (χ0) is 13.2. The van der Waals surface area contributed by atoms with Crippen molar-refractivity contribution >= 4 is 17.3 Å². The average Bonchev–Trinajstić information content (AvgIpc) is 2.46. The van der Waals surface area contributed by atoms with Crippen LogP contribution < -0.4 is 10.6 Å². The third-order valence-electron chi connectivity index (χ3n) is 3.70. The summed E-state index contributed by atoms with van der Waals surface area (Å²) < 4.78 is 5.38. The third kappa shape index (κ3) is 2.38. The Bertz CT molecular complexity index is 478. The first-order valence-electron chi connectivity index (χ1n) is 6.73. The highest BCUT2D eigenvalue weighted by Gasteiger charge is 2.31. The molecule has 0 spiro atoms. The van der Waals surface area contributed by atoms with Gasteiger partial charge in [-0.15, -0.1) is 0 Å². The van der Waals surface area contributed by atoms with Crippen molar-refractivity contribution in [1.29, 1.82) is 0 Å². The number of nitrogens with zero attached hydrogens (tertiary/aromatic N) is 1. The molecule has 5 nitrogen and oxygen atoms in total. The second kappa shape index (κ2) is 5.09. The number of ether oxygens (including phenoxy) is 1. The summed E-state index contributed by atoms with van der Waals surface area (Å²) in [7, 11) is 0. The van der Waals surface area contributed by atoms with Gasteiger partial charge in [-0.05, 0) is 19.1 Å². The van der Waals surface area contributed by atoms with Crippen molar-refractivity contribution in [2.24, 2.45) is 0 Å². The van der Waals surface area contributed by atoms with Crippen LogP contribution in [-0.4, -0.2) is 49.2 Å². The lowest BCUT2D eigenvalue weighted by atomic mass is 10.1. The molecule has 1 aromatic rings. The highest BCUT2D eigenvalue weighted by Crippen LogP contribution is 2.26. The topological polar surface area (TPSA) is 53.6 Å². The molecular weight excluding hydrogens is 242 g/mol. The minimum atomic E-state index is -0.199. The molecule has 0 saturated carbocycles. The van der Waals surface area contributed by atoms with Gasteiger partial charge in [-0.3, -0.25) is 4.79 Å². The van der Waals surface area contributed by atoms with Crippen LogP contribution in [0.3, 0.4) is 0 Å². The van der Waals surface area contributed by atoms with Gasteiger partial charge in [0.15, 0.2) is 0 Å². The van der Waals surface area contributed by atoms with Crippen LogP contribution in [0, 0.1) is 0 Å². The Kier molecular flexibility index (Phi) is 3.29. The Morgan fingerprint density at radius 2 is 2.16 bits per heavy atom. The minimum Gasteiger partial charge on any atom is -0.381 e. The Morgan fingerprint density at radius 3 is 2.95 bits per heavy atom. The molecule has 0 bridgehead atoms. The highest BCUT2D eigenvalue weighted by molar-refractivity contribution is 5.89. The highest BCUT2D eigenvalue weighted by atomic mass is 16.5. The van der Waals surface area contributed by atoms with Gasteiger partial charge >= 0.3 is 0 Å². The standard InChI is InChI=1S/C14H19N3O2/c1-10-9-19-7-6-17(10)14(18)13-8-15-11-4-2-3-5-12(11)16-13/h2-5,10,13,15-16H,6-9H2,1H3. The number of hydrogen-bond donors (Lipinski definition) is 2. The van der Waals surface area contributed by atoms with Crippen molar-refractivity contribution in [1.82, 2.24) is 4.90 Å². The maximum absolute atomic E-state index is 12.5. The number of rotatable bonds is 1. The summed E-state index contributed by atoms with van der Waals surface area (Å²) in [6.45, 7) is 4.59. The molecule has 5 heteroatoms. The molecule has 19 heavy (non-hydrogen) atoms. The Labute approximate surface area is 112 Å². The van der Waals surface area contributed by atoms with Gasteiger partial charge in [-0.2, -0.15) is 0 Å². The van der Waals surface area contributed by atoms with Crippen LogP contribution in [0.2, 0.25) is 0 Å². The minimum absolute atomic E-state index is 0.151. The van der Waals surface area contributed by atoms with Crippen LogP contribution in [0.25, 0.3) is 0 Å². The lowest BCUT2D eigenvalue weighted by molar-refractivity contribution is -0.139. The van der Waals surface area contributed by atoms with E-state index in [0.717, 1.165) is 11.4 Å². The maximum Gasteiger partial charge on any atom is 0.247 e. The lowest BCUT2D eigenvalue weighted by Gasteiger charge is -2.37. The molecular formula is C14H19N3O2. The first-order valence-corrected chi connectivity index (χ1v) is 6.73. The van der Waals surface area contributed by atoms with E-state index in [1.165, 1.54) is 0 Å². The van der Waals surface area contributed by atoms with Crippen LogP contribution in [-0.2, 0) is 9.53 Å². The van der Waals surface area contributed by atoms with Gasteiger partial charge in [0.2, 0.25) is 5.91 Å². The molecule has 2 aliphatic rings. The number of fused-ring (bicyclic) bond motifs is 1. The number of carbonyl (C=O) groups excluding carboxylic acids is 1. The molecule has 3 rings (SSSR count). The fraction of sp³-hybridized carbons (Fsp3) is 0.500. The summed E-state index contributed by atoms with van der Waals surface area (Å²) >= 11 is 0. The van der Waals surface area contributed by atoms with E-state index in [1.807, 2.05) is 36.1 Å². The average molecular weight is 261 g/mol. The Morgan fingerprint density at radius 1 is 1.37 bits per heavy atom. The first-order chi connectivity index (χ1) is 9.25. The van der Waals surface area contributed by atoms with Crippen LogP contribution in [0.4, 0.5) is 11.4 Å². The van der Waals surface area contributed by atoms with Crippen LogP contribution >= 0.6 is 0 Å². The van der Waals surface area contributed by atoms with Crippen molar-refractivity contribution in [3.05, 3.63) is 24.3 Å². The molecule has 2 heterocycles. The Hall–Kier alpha value is -1.75. The van der Waals surface area contributed by atoms with Gasteiger partial charge < -0.3 is 20.3 Å². The van der Waals surface area contributed by atoms with Gasteiger partial charge in [0.05, 0.1) is 30.6 Å². The summed E-state index contributed by atoms with van der Waals surface area (Å²) in [6.07, 6.45) is 0. The zero-order valence-electron chi connectivity index (χ0n) is 11.1. The summed E-state index contributed by atoms with van der Waals surface area (Å²) in [5.41, 5.74) is 2.05. The van der Waals surface area contributed by atoms with E-state index in [-0.39, 0.29) is 18.0 Å². The van der Waals surface area contributed by atoms with Crippen molar-refractivity contribution in [3.8, 4) is 0 Å². The molecule has 2 unspecified atom stereocenters. The number of nitrogens with one attached hydrogen (secondary N) is 2. The summed E-state index contributed by atoms with van der Waals surface area (Å²) in [4.78, 5) is 14.5. The second-order valence-electron chi connectivity index (χ2n) is 5.08. The summed E-state index contributed by atoms with van der Waals surface area (Å²) in [5, 5.41) is 6.63. The van der Waals surface area contributed by atoms with Crippen LogP contribution in [0.15, 0.2) is 24.3 Å². The van der Waals surface area contributed by atoms with Gasteiger partial charge in [0, 0.05) is 13.1 Å². The molecule has 2 aliphatic heterocycles. The van der Waals surface area contributed by atoms with Crippen molar-refractivity contribution in [2.45, 2.75) is 19.0 Å². The Balaban J connectivity index is 1.72. The normalized spacial score (nSPS) is 26.1. The predicted octanol–water partition coefficient (Wildman–Crippen LogP) is 1.14. The van der Waals surface area contributed by atoms with E-state index in [9.17, 15) is 4.79 Å². The zero-order valence-corrected chi connectivity index (χ0v) is 11.1. The number of anilines is 2. The SMILES string of the molecule is CC1COCCN1C(=O)C1CNc2ccccc2N1. The quantitative estimate of drug-likeness (QED) is 0.796.